The maximum atomic E-state index is 12.6. The van der Waals surface area contributed by atoms with Gasteiger partial charge in [-0.3, -0.25) is 9.59 Å². The van der Waals surface area contributed by atoms with Crippen LogP contribution in [0.25, 0.3) is 21.2 Å². The van der Waals surface area contributed by atoms with E-state index in [1.165, 1.54) is 28.0 Å². The molecule has 0 bridgehead atoms. The van der Waals surface area contributed by atoms with Crippen molar-refractivity contribution in [1.29, 1.82) is 0 Å². The van der Waals surface area contributed by atoms with Gasteiger partial charge in [0.1, 0.15) is 11.3 Å². The standard InChI is InChI=1S/C20H13N3O4S2/c1-26-12-6-7-13-16(9-12)29-20(21-13)23-17(24)10-28-19(23)22-18(25)15-8-11-4-2-3-5-14(11)27-15/h2-9H,10H2,1H3. The zero-order valence-corrected chi connectivity index (χ0v) is 16.8. The summed E-state index contributed by atoms with van der Waals surface area (Å²) in [7, 11) is 1.60. The Hall–Kier alpha value is -3.17. The van der Waals surface area contributed by atoms with Crippen LogP contribution < -0.4 is 9.64 Å². The van der Waals surface area contributed by atoms with Crippen LogP contribution in [0.15, 0.2) is 57.9 Å². The zero-order chi connectivity index (χ0) is 20.0. The highest BCUT2D eigenvalue weighted by atomic mass is 32.2. The average molecular weight is 423 g/mol. The van der Waals surface area contributed by atoms with Crippen molar-refractivity contribution in [2.45, 2.75) is 0 Å². The molecule has 144 valence electrons. The van der Waals surface area contributed by atoms with E-state index in [-0.39, 0.29) is 17.4 Å². The third-order valence-corrected chi connectivity index (χ3v) is 6.30. The van der Waals surface area contributed by atoms with Crippen molar-refractivity contribution in [2.24, 2.45) is 4.99 Å². The fraction of sp³-hybridized carbons (Fsp3) is 0.100. The first kappa shape index (κ1) is 17.9. The third-order valence-electron chi connectivity index (χ3n) is 4.37. The molecule has 0 N–H and O–H groups in total. The molecule has 5 rings (SSSR count). The van der Waals surface area contributed by atoms with E-state index < -0.39 is 5.91 Å². The second kappa shape index (κ2) is 7.02. The number of hydrogen-bond acceptors (Lipinski definition) is 7. The number of ether oxygens (including phenoxy) is 1. The molecule has 9 heteroatoms. The number of nitrogens with zero attached hydrogens (tertiary/aromatic N) is 3. The van der Waals surface area contributed by atoms with Gasteiger partial charge in [0.05, 0.1) is 23.1 Å². The Morgan fingerprint density at radius 1 is 1.24 bits per heavy atom. The molecule has 1 aliphatic rings. The summed E-state index contributed by atoms with van der Waals surface area (Å²) in [5.74, 6) is 0.339. The molecule has 2 aromatic heterocycles. The molecule has 1 saturated heterocycles. The number of carbonyl (C=O) groups is 2. The number of methoxy groups -OCH3 is 1. The number of hydrogen-bond donors (Lipinski definition) is 0. The lowest BCUT2D eigenvalue weighted by atomic mass is 10.2. The molecule has 4 aromatic rings. The SMILES string of the molecule is COc1ccc2nc(N3C(=O)CSC3=NC(=O)c3cc4ccccc4o3)sc2c1. The number of amides is 2. The van der Waals surface area contributed by atoms with Gasteiger partial charge in [-0.1, -0.05) is 41.3 Å². The Kier molecular flexibility index (Phi) is 4.33. The average Bonchev–Trinajstić information content (AvgIpc) is 3.43. The minimum Gasteiger partial charge on any atom is -0.497 e. The van der Waals surface area contributed by atoms with Gasteiger partial charge in [0.25, 0.3) is 0 Å². The molecule has 0 spiro atoms. The van der Waals surface area contributed by atoms with Gasteiger partial charge < -0.3 is 9.15 Å². The minimum atomic E-state index is -0.536. The normalized spacial score (nSPS) is 15.7. The maximum Gasteiger partial charge on any atom is 0.315 e. The fourth-order valence-corrected chi connectivity index (χ4v) is 4.90. The number of furan rings is 1. The number of aliphatic imine (C=N–C) groups is 1. The van der Waals surface area contributed by atoms with Gasteiger partial charge >= 0.3 is 5.91 Å². The van der Waals surface area contributed by atoms with Crippen LogP contribution in [-0.4, -0.2) is 34.8 Å². The topological polar surface area (TPSA) is 85.0 Å². The smallest absolute Gasteiger partial charge is 0.315 e. The summed E-state index contributed by atoms with van der Waals surface area (Å²) in [4.78, 5) is 35.2. The highest BCUT2D eigenvalue weighted by Crippen LogP contribution is 2.35. The number of rotatable bonds is 3. The lowest BCUT2D eigenvalue weighted by Crippen LogP contribution is -2.29. The number of fused-ring (bicyclic) bond motifs is 2. The molecule has 2 aromatic carbocycles. The number of amidine groups is 1. The van der Waals surface area contributed by atoms with Gasteiger partial charge in [-0.05, 0) is 30.3 Å². The van der Waals surface area contributed by atoms with Crippen LogP contribution in [0.4, 0.5) is 5.13 Å². The fourth-order valence-electron chi connectivity index (χ4n) is 2.98. The lowest BCUT2D eigenvalue weighted by molar-refractivity contribution is -0.115. The van der Waals surface area contributed by atoms with Crippen molar-refractivity contribution in [3.8, 4) is 5.75 Å². The third kappa shape index (κ3) is 3.18. The second-order valence-electron chi connectivity index (χ2n) is 6.20. The molecular weight excluding hydrogens is 410 g/mol. The zero-order valence-electron chi connectivity index (χ0n) is 15.1. The Morgan fingerprint density at radius 3 is 2.93 bits per heavy atom. The van der Waals surface area contributed by atoms with E-state index in [0.29, 0.717) is 21.6 Å². The van der Waals surface area contributed by atoms with Gasteiger partial charge in [0, 0.05) is 5.39 Å². The summed E-state index contributed by atoms with van der Waals surface area (Å²) < 4.78 is 11.7. The van der Waals surface area contributed by atoms with Crippen LogP contribution in [0.1, 0.15) is 10.6 Å². The second-order valence-corrected chi connectivity index (χ2v) is 8.15. The van der Waals surface area contributed by atoms with Gasteiger partial charge in [0.2, 0.25) is 5.91 Å². The molecule has 0 radical (unpaired) electrons. The molecule has 0 aliphatic carbocycles. The number of anilines is 1. The molecule has 3 heterocycles. The molecule has 1 aliphatic heterocycles. The Labute approximate surface area is 173 Å². The largest absolute Gasteiger partial charge is 0.497 e. The molecule has 0 saturated carbocycles. The van der Waals surface area contributed by atoms with E-state index in [1.54, 1.807) is 19.2 Å². The van der Waals surface area contributed by atoms with E-state index in [4.69, 9.17) is 9.15 Å². The minimum absolute atomic E-state index is 0.132. The molecule has 29 heavy (non-hydrogen) atoms. The van der Waals surface area contributed by atoms with E-state index in [1.807, 2.05) is 36.4 Å². The Bertz CT molecular complexity index is 1270. The summed E-state index contributed by atoms with van der Waals surface area (Å²) in [5.41, 5.74) is 1.36. The summed E-state index contributed by atoms with van der Waals surface area (Å²) in [5, 5.41) is 1.59. The van der Waals surface area contributed by atoms with Gasteiger partial charge in [-0.25, -0.2) is 9.88 Å². The van der Waals surface area contributed by atoms with Crippen LogP contribution in [-0.2, 0) is 4.79 Å². The first-order valence-electron chi connectivity index (χ1n) is 8.64. The van der Waals surface area contributed by atoms with Crippen LogP contribution in [0.5, 0.6) is 5.75 Å². The maximum absolute atomic E-state index is 12.6. The van der Waals surface area contributed by atoms with Crippen molar-refractivity contribution in [2.75, 3.05) is 17.8 Å². The van der Waals surface area contributed by atoms with Gasteiger partial charge in [0.15, 0.2) is 16.1 Å². The van der Waals surface area contributed by atoms with E-state index in [2.05, 4.69) is 9.98 Å². The van der Waals surface area contributed by atoms with Crippen LogP contribution in [0.3, 0.4) is 0 Å². The quantitative estimate of drug-likeness (QED) is 0.488. The first-order chi connectivity index (χ1) is 14.1. The van der Waals surface area contributed by atoms with E-state index in [9.17, 15) is 9.59 Å². The predicted molar refractivity (Wildman–Crippen MR) is 114 cm³/mol. The van der Waals surface area contributed by atoms with E-state index in [0.717, 1.165) is 15.6 Å². The van der Waals surface area contributed by atoms with Crippen molar-refractivity contribution in [1.82, 2.24) is 4.98 Å². The highest BCUT2D eigenvalue weighted by Gasteiger charge is 2.33. The number of aromatic nitrogens is 1. The monoisotopic (exact) mass is 423 g/mol. The Morgan fingerprint density at radius 2 is 2.10 bits per heavy atom. The van der Waals surface area contributed by atoms with Gasteiger partial charge in [-0.15, -0.1) is 0 Å². The number of thioether (sulfide) groups is 1. The molecular formula is C20H13N3O4S2. The Balaban J connectivity index is 1.50. The summed E-state index contributed by atoms with van der Waals surface area (Å²) in [6, 6.07) is 14.5. The van der Waals surface area contributed by atoms with Crippen molar-refractivity contribution in [3.05, 3.63) is 54.3 Å². The number of thiazole rings is 1. The number of para-hydroxylation sites is 1. The molecule has 2 amide bonds. The lowest BCUT2D eigenvalue weighted by Gasteiger charge is -2.10. The highest BCUT2D eigenvalue weighted by molar-refractivity contribution is 8.15. The summed E-state index contributed by atoms with van der Waals surface area (Å²) >= 11 is 2.55. The van der Waals surface area contributed by atoms with Crippen molar-refractivity contribution in [3.63, 3.8) is 0 Å². The number of carbonyl (C=O) groups excluding carboxylic acids is 2. The predicted octanol–water partition coefficient (Wildman–Crippen LogP) is 4.33. The molecule has 1 fully saturated rings. The van der Waals surface area contributed by atoms with Crippen molar-refractivity contribution < 1.29 is 18.7 Å². The summed E-state index contributed by atoms with van der Waals surface area (Å²) in [6.07, 6.45) is 0. The van der Waals surface area contributed by atoms with Crippen molar-refractivity contribution >= 4 is 66.4 Å². The first-order valence-corrected chi connectivity index (χ1v) is 10.4. The van der Waals surface area contributed by atoms with E-state index >= 15 is 0 Å². The van der Waals surface area contributed by atoms with Crippen LogP contribution >= 0.6 is 23.1 Å². The van der Waals surface area contributed by atoms with Crippen LogP contribution in [0.2, 0.25) is 0 Å². The molecule has 7 nitrogen and oxygen atoms in total. The number of benzene rings is 2. The molecule has 0 unspecified atom stereocenters. The summed E-state index contributed by atoms with van der Waals surface area (Å²) in [6.45, 7) is 0. The van der Waals surface area contributed by atoms with Gasteiger partial charge in [-0.2, -0.15) is 4.99 Å². The molecule has 0 atom stereocenters. The van der Waals surface area contributed by atoms with Crippen LogP contribution in [0, 0.1) is 0 Å².